The summed E-state index contributed by atoms with van der Waals surface area (Å²) < 4.78 is 53.3. The van der Waals surface area contributed by atoms with Crippen LogP contribution < -0.4 is 0 Å². The summed E-state index contributed by atoms with van der Waals surface area (Å²) in [5.74, 6) is 1.21. The Labute approximate surface area is 187 Å². The maximum absolute atomic E-state index is 15.2. The molecule has 4 rings (SSSR count). The van der Waals surface area contributed by atoms with Crippen molar-refractivity contribution in [3.63, 3.8) is 0 Å². The van der Waals surface area contributed by atoms with E-state index in [-0.39, 0.29) is 5.82 Å². The molecule has 1 aliphatic carbocycles. The van der Waals surface area contributed by atoms with Crippen LogP contribution in [0.4, 0.5) is 17.6 Å². The molecule has 0 atom stereocenters. The van der Waals surface area contributed by atoms with Gasteiger partial charge in [-0.05, 0) is 84.6 Å². The van der Waals surface area contributed by atoms with Crippen LogP contribution in [-0.2, 0) is 19.0 Å². The van der Waals surface area contributed by atoms with Crippen molar-refractivity contribution in [2.75, 3.05) is 0 Å². The Bertz CT molecular complexity index is 1040. The smallest absolute Gasteiger partial charge is 0.206 e. The monoisotopic (exact) mass is 442 g/mol. The first kappa shape index (κ1) is 22.8. The molecule has 0 spiro atoms. The van der Waals surface area contributed by atoms with E-state index in [0.717, 1.165) is 29.0 Å². The molecule has 3 aromatic carbocycles. The average Bonchev–Trinajstić information content (AvgIpc) is 2.79. The molecule has 0 aliphatic heterocycles. The van der Waals surface area contributed by atoms with E-state index in [9.17, 15) is 13.2 Å². The van der Waals surface area contributed by atoms with Crippen molar-refractivity contribution < 1.29 is 17.6 Å². The van der Waals surface area contributed by atoms with Crippen molar-refractivity contribution in [1.29, 1.82) is 0 Å². The number of aryl methyl sites for hydroxylation is 2. The van der Waals surface area contributed by atoms with E-state index in [0.29, 0.717) is 29.7 Å². The van der Waals surface area contributed by atoms with Gasteiger partial charge in [-0.3, -0.25) is 0 Å². The highest BCUT2D eigenvalue weighted by Gasteiger charge is 2.30. The van der Waals surface area contributed by atoms with E-state index in [1.165, 1.54) is 56.2 Å². The summed E-state index contributed by atoms with van der Waals surface area (Å²) in [6, 6.07) is 15.0. The maximum atomic E-state index is 15.2. The number of hydrogen-bond donors (Lipinski definition) is 0. The van der Waals surface area contributed by atoms with Crippen LogP contribution in [0, 0.1) is 11.7 Å². The fraction of sp³-hybridized carbons (Fsp3) is 0.429. The summed E-state index contributed by atoms with van der Waals surface area (Å²) in [4.78, 5) is 0. The maximum Gasteiger partial charge on any atom is 0.416 e. The first-order valence-corrected chi connectivity index (χ1v) is 11.7. The SMILES string of the molecule is CCCC1CCC(c2ccc3c(F)c(CCc4ccc(C(F)(F)F)cc4)ccc3c2)CC1. The molecule has 0 saturated heterocycles. The Morgan fingerprint density at radius 3 is 2.22 bits per heavy atom. The molecule has 3 aromatic rings. The number of fused-ring (bicyclic) bond motifs is 1. The second-order valence-electron chi connectivity index (χ2n) is 9.22. The lowest BCUT2D eigenvalue weighted by molar-refractivity contribution is -0.137. The molecule has 0 bridgehead atoms. The zero-order chi connectivity index (χ0) is 22.7. The molecule has 0 nitrogen and oxygen atoms in total. The topological polar surface area (TPSA) is 0 Å². The number of alkyl halides is 3. The third kappa shape index (κ3) is 5.16. The Hall–Kier alpha value is -2.36. The lowest BCUT2D eigenvalue weighted by Gasteiger charge is -2.28. The number of halogens is 4. The fourth-order valence-electron chi connectivity index (χ4n) is 5.13. The predicted octanol–water partition coefficient (Wildman–Crippen LogP) is 8.86. The quantitative estimate of drug-likeness (QED) is 0.334. The first-order chi connectivity index (χ1) is 15.3. The summed E-state index contributed by atoms with van der Waals surface area (Å²) in [5.41, 5.74) is 2.02. The van der Waals surface area contributed by atoms with Crippen LogP contribution in [-0.4, -0.2) is 0 Å². The van der Waals surface area contributed by atoms with Gasteiger partial charge in [0.25, 0.3) is 0 Å². The molecule has 32 heavy (non-hydrogen) atoms. The van der Waals surface area contributed by atoms with Crippen LogP contribution in [0.25, 0.3) is 10.8 Å². The van der Waals surface area contributed by atoms with Gasteiger partial charge in [-0.2, -0.15) is 13.2 Å². The zero-order valence-corrected chi connectivity index (χ0v) is 18.5. The number of rotatable bonds is 6. The molecule has 0 N–H and O–H groups in total. The lowest BCUT2D eigenvalue weighted by atomic mass is 9.77. The van der Waals surface area contributed by atoms with Crippen LogP contribution in [0.5, 0.6) is 0 Å². The Balaban J connectivity index is 1.44. The van der Waals surface area contributed by atoms with Crippen LogP contribution in [0.2, 0.25) is 0 Å². The van der Waals surface area contributed by atoms with Gasteiger partial charge in [0.05, 0.1) is 5.56 Å². The molecule has 1 fully saturated rings. The van der Waals surface area contributed by atoms with E-state index in [2.05, 4.69) is 19.1 Å². The molecule has 1 saturated carbocycles. The summed E-state index contributed by atoms with van der Waals surface area (Å²) in [5, 5.41) is 1.55. The van der Waals surface area contributed by atoms with Gasteiger partial charge in [0.1, 0.15) is 5.82 Å². The highest BCUT2D eigenvalue weighted by Crippen LogP contribution is 2.38. The van der Waals surface area contributed by atoms with E-state index >= 15 is 4.39 Å². The van der Waals surface area contributed by atoms with Crippen molar-refractivity contribution in [3.8, 4) is 0 Å². The molecule has 0 heterocycles. The Morgan fingerprint density at radius 2 is 1.56 bits per heavy atom. The van der Waals surface area contributed by atoms with E-state index in [1.54, 1.807) is 0 Å². The number of benzene rings is 3. The van der Waals surface area contributed by atoms with Gasteiger partial charge in [-0.25, -0.2) is 4.39 Å². The van der Waals surface area contributed by atoms with Gasteiger partial charge < -0.3 is 0 Å². The van der Waals surface area contributed by atoms with E-state index in [4.69, 9.17) is 0 Å². The van der Waals surface area contributed by atoms with Crippen molar-refractivity contribution in [1.82, 2.24) is 0 Å². The minimum absolute atomic E-state index is 0.215. The van der Waals surface area contributed by atoms with Gasteiger partial charge >= 0.3 is 6.18 Å². The molecule has 0 amide bonds. The van der Waals surface area contributed by atoms with Crippen LogP contribution >= 0.6 is 0 Å². The van der Waals surface area contributed by atoms with Gasteiger partial charge in [0.2, 0.25) is 0 Å². The standard InChI is InChI=1S/C28H30F4/c1-2-3-19-4-9-21(10-5-19)23-14-17-26-24(18-23)13-12-22(27(26)29)11-6-20-7-15-25(16-8-20)28(30,31)32/h7-8,12-19,21H,2-6,9-11H2,1H3. The van der Waals surface area contributed by atoms with E-state index in [1.807, 2.05) is 18.2 Å². The molecule has 4 heteroatoms. The third-order valence-electron chi connectivity index (χ3n) is 7.04. The third-order valence-corrected chi connectivity index (χ3v) is 7.04. The Kier molecular flexibility index (Phi) is 6.88. The minimum atomic E-state index is -4.34. The summed E-state index contributed by atoms with van der Waals surface area (Å²) in [7, 11) is 0. The fourth-order valence-corrected chi connectivity index (χ4v) is 5.13. The van der Waals surface area contributed by atoms with Crippen molar-refractivity contribution in [2.45, 2.75) is 70.4 Å². The second kappa shape index (κ2) is 9.64. The normalized spacial score (nSPS) is 19.4. The molecule has 0 aromatic heterocycles. The lowest BCUT2D eigenvalue weighted by Crippen LogP contribution is -2.13. The number of hydrogen-bond acceptors (Lipinski definition) is 0. The summed E-state index contributed by atoms with van der Waals surface area (Å²) in [6.45, 7) is 2.25. The summed E-state index contributed by atoms with van der Waals surface area (Å²) in [6.07, 6.45) is 4.19. The van der Waals surface area contributed by atoms with Crippen molar-refractivity contribution in [3.05, 3.63) is 82.7 Å². The predicted molar refractivity (Wildman–Crippen MR) is 122 cm³/mol. The van der Waals surface area contributed by atoms with Gasteiger partial charge in [-0.15, -0.1) is 0 Å². The first-order valence-electron chi connectivity index (χ1n) is 11.7. The highest BCUT2D eigenvalue weighted by atomic mass is 19.4. The zero-order valence-electron chi connectivity index (χ0n) is 18.5. The van der Waals surface area contributed by atoms with Crippen LogP contribution in [0.1, 0.15) is 73.6 Å². The average molecular weight is 443 g/mol. The summed E-state index contributed by atoms with van der Waals surface area (Å²) >= 11 is 0. The van der Waals surface area contributed by atoms with Gasteiger partial charge in [0, 0.05) is 5.39 Å². The highest BCUT2D eigenvalue weighted by molar-refractivity contribution is 5.84. The van der Waals surface area contributed by atoms with Gasteiger partial charge in [0.15, 0.2) is 0 Å². The Morgan fingerprint density at radius 1 is 0.844 bits per heavy atom. The second-order valence-corrected chi connectivity index (χ2v) is 9.22. The van der Waals surface area contributed by atoms with Crippen LogP contribution in [0.15, 0.2) is 54.6 Å². The van der Waals surface area contributed by atoms with E-state index < -0.39 is 11.7 Å². The van der Waals surface area contributed by atoms with Gasteiger partial charge in [-0.1, -0.05) is 62.2 Å². The molecular weight excluding hydrogens is 412 g/mol. The van der Waals surface area contributed by atoms with Crippen LogP contribution in [0.3, 0.4) is 0 Å². The minimum Gasteiger partial charge on any atom is -0.206 e. The largest absolute Gasteiger partial charge is 0.416 e. The molecule has 0 radical (unpaired) electrons. The molecule has 1 aliphatic rings. The molecular formula is C28H30F4. The van der Waals surface area contributed by atoms with Crippen molar-refractivity contribution >= 4 is 10.8 Å². The molecule has 0 unspecified atom stereocenters. The van der Waals surface area contributed by atoms with Crippen molar-refractivity contribution in [2.24, 2.45) is 5.92 Å². The molecule has 170 valence electrons.